The molecule has 2 aromatic carbocycles. The SMILES string of the molecule is CCC(CC)(c1ccc(NC(=O)/C=C/c2cnn(C)c2-c2ccccc2)cc1)P(=O)(O)O. The summed E-state index contributed by atoms with van der Waals surface area (Å²) in [5.74, 6) is -0.312. The van der Waals surface area contributed by atoms with Crippen molar-refractivity contribution in [2.45, 2.75) is 31.8 Å². The molecule has 0 saturated carbocycles. The maximum Gasteiger partial charge on any atom is 0.335 e. The number of amides is 1. The van der Waals surface area contributed by atoms with E-state index in [9.17, 15) is 19.1 Å². The lowest BCUT2D eigenvalue weighted by atomic mass is 9.92. The molecule has 3 N–H and O–H groups in total. The van der Waals surface area contributed by atoms with Gasteiger partial charge in [0.15, 0.2) is 0 Å². The van der Waals surface area contributed by atoms with Crippen LogP contribution in [0.1, 0.15) is 37.8 Å². The summed E-state index contributed by atoms with van der Waals surface area (Å²) in [6.45, 7) is 3.54. The number of hydrogen-bond acceptors (Lipinski definition) is 3. The number of carbonyl (C=O) groups is 1. The Morgan fingerprint density at radius 2 is 1.72 bits per heavy atom. The van der Waals surface area contributed by atoms with E-state index in [0.29, 0.717) is 24.1 Å². The van der Waals surface area contributed by atoms with Gasteiger partial charge in [-0.3, -0.25) is 14.0 Å². The van der Waals surface area contributed by atoms with Gasteiger partial charge >= 0.3 is 7.60 Å². The van der Waals surface area contributed by atoms with Crippen LogP contribution in [0.2, 0.25) is 0 Å². The third-order valence-electron chi connectivity index (χ3n) is 5.85. The number of anilines is 1. The summed E-state index contributed by atoms with van der Waals surface area (Å²) in [5, 5.41) is 5.86. The van der Waals surface area contributed by atoms with Crippen molar-refractivity contribution in [2.75, 3.05) is 5.32 Å². The maximum absolute atomic E-state index is 12.4. The number of rotatable bonds is 8. The van der Waals surface area contributed by atoms with Crippen LogP contribution in [0.15, 0.2) is 66.9 Å². The van der Waals surface area contributed by atoms with Gasteiger partial charge in [0.25, 0.3) is 0 Å². The first-order valence-electron chi connectivity index (χ1n) is 10.4. The Kier molecular flexibility index (Phi) is 7.14. The Morgan fingerprint density at radius 3 is 2.28 bits per heavy atom. The number of aromatic nitrogens is 2. The van der Waals surface area contributed by atoms with E-state index in [1.54, 1.807) is 55.1 Å². The maximum atomic E-state index is 12.4. The lowest BCUT2D eigenvalue weighted by Gasteiger charge is -2.33. The van der Waals surface area contributed by atoms with Crippen molar-refractivity contribution in [3.63, 3.8) is 0 Å². The molecule has 0 aliphatic carbocycles. The van der Waals surface area contributed by atoms with Gasteiger partial charge in [0.05, 0.1) is 17.0 Å². The Hall–Kier alpha value is -2.99. The summed E-state index contributed by atoms with van der Waals surface area (Å²) in [4.78, 5) is 32.3. The first-order chi connectivity index (χ1) is 15.2. The molecule has 8 heteroatoms. The molecule has 3 aromatic rings. The van der Waals surface area contributed by atoms with Crippen LogP contribution in [0.4, 0.5) is 5.69 Å². The van der Waals surface area contributed by atoms with Gasteiger partial charge < -0.3 is 15.1 Å². The summed E-state index contributed by atoms with van der Waals surface area (Å²) < 4.78 is 13.9. The quantitative estimate of drug-likeness (QED) is 0.331. The van der Waals surface area contributed by atoms with E-state index in [2.05, 4.69) is 10.4 Å². The Bertz CT molecular complexity index is 1140. The van der Waals surface area contributed by atoms with E-state index in [4.69, 9.17) is 0 Å². The van der Waals surface area contributed by atoms with E-state index < -0.39 is 12.8 Å². The van der Waals surface area contributed by atoms with E-state index in [1.807, 2.05) is 37.4 Å². The van der Waals surface area contributed by atoms with Crippen LogP contribution < -0.4 is 5.32 Å². The predicted molar refractivity (Wildman–Crippen MR) is 127 cm³/mol. The van der Waals surface area contributed by atoms with Gasteiger partial charge in [-0.05, 0) is 36.6 Å². The van der Waals surface area contributed by atoms with Crippen LogP contribution in [-0.4, -0.2) is 25.5 Å². The number of benzene rings is 2. The Balaban J connectivity index is 1.76. The summed E-state index contributed by atoms with van der Waals surface area (Å²) in [6.07, 6.45) is 5.49. The van der Waals surface area contributed by atoms with Crippen molar-refractivity contribution >= 4 is 25.3 Å². The van der Waals surface area contributed by atoms with Crippen LogP contribution in [0, 0.1) is 0 Å². The van der Waals surface area contributed by atoms with Crippen LogP contribution >= 0.6 is 7.60 Å². The number of carbonyl (C=O) groups excluding carboxylic acids is 1. The minimum atomic E-state index is -4.35. The lowest BCUT2D eigenvalue weighted by Crippen LogP contribution is -2.24. The van der Waals surface area contributed by atoms with Crippen molar-refractivity contribution in [1.29, 1.82) is 0 Å². The molecule has 0 spiro atoms. The molecule has 0 radical (unpaired) electrons. The molecule has 168 valence electrons. The molecule has 1 amide bonds. The standard InChI is InChI=1S/C24H28N3O4P/c1-4-24(5-2,32(29,30)31)20-12-14-21(15-13-20)26-22(28)16-11-19-17-25-27(3)23(19)18-9-7-6-8-10-18/h6-17H,4-5H2,1-3H3,(H,26,28)(H2,29,30,31)/b16-11+. The average molecular weight is 453 g/mol. The zero-order valence-corrected chi connectivity index (χ0v) is 19.3. The van der Waals surface area contributed by atoms with Crippen LogP contribution in [0.3, 0.4) is 0 Å². The Labute approximate surface area is 188 Å². The summed E-state index contributed by atoms with van der Waals surface area (Å²) >= 11 is 0. The van der Waals surface area contributed by atoms with Crippen LogP contribution in [-0.2, 0) is 21.6 Å². The minimum absolute atomic E-state index is 0.312. The zero-order chi connectivity index (χ0) is 23.4. The van der Waals surface area contributed by atoms with Crippen LogP contribution in [0.5, 0.6) is 0 Å². The largest absolute Gasteiger partial charge is 0.335 e. The second-order valence-electron chi connectivity index (χ2n) is 7.62. The van der Waals surface area contributed by atoms with Gasteiger partial charge in [0, 0.05) is 29.9 Å². The van der Waals surface area contributed by atoms with Gasteiger partial charge in [-0.1, -0.05) is 56.3 Å². The van der Waals surface area contributed by atoms with Crippen molar-refractivity contribution in [1.82, 2.24) is 9.78 Å². The first kappa shape index (κ1) is 23.7. The molecule has 0 aliphatic rings. The summed E-state index contributed by atoms with van der Waals surface area (Å²) in [7, 11) is -2.50. The molecule has 0 bridgehead atoms. The minimum Gasteiger partial charge on any atom is -0.324 e. The topological polar surface area (TPSA) is 104 Å². The van der Waals surface area contributed by atoms with Crippen molar-refractivity contribution in [3.8, 4) is 11.3 Å². The highest BCUT2D eigenvalue weighted by molar-refractivity contribution is 7.53. The fourth-order valence-corrected chi connectivity index (χ4v) is 5.29. The molecule has 0 unspecified atom stereocenters. The van der Waals surface area contributed by atoms with E-state index >= 15 is 0 Å². The molecule has 1 heterocycles. The molecular weight excluding hydrogens is 425 g/mol. The molecule has 0 fully saturated rings. The average Bonchev–Trinajstić information content (AvgIpc) is 3.14. The third kappa shape index (κ3) is 4.75. The molecule has 0 saturated heterocycles. The van der Waals surface area contributed by atoms with Crippen molar-refractivity contribution < 1.29 is 19.1 Å². The highest BCUT2D eigenvalue weighted by Gasteiger charge is 2.45. The predicted octanol–water partition coefficient (Wildman–Crippen LogP) is 4.93. The fraction of sp³-hybridized carbons (Fsp3) is 0.250. The van der Waals surface area contributed by atoms with E-state index in [1.165, 1.54) is 6.08 Å². The molecule has 7 nitrogen and oxygen atoms in total. The van der Waals surface area contributed by atoms with Gasteiger partial charge in [-0.2, -0.15) is 5.10 Å². The molecule has 0 aliphatic heterocycles. The molecule has 0 atom stereocenters. The first-order valence-corrected chi connectivity index (χ1v) is 12.1. The highest BCUT2D eigenvalue weighted by Crippen LogP contribution is 2.60. The van der Waals surface area contributed by atoms with Crippen molar-refractivity contribution in [2.24, 2.45) is 7.05 Å². The number of hydrogen-bond donors (Lipinski definition) is 3. The second kappa shape index (κ2) is 9.65. The summed E-state index contributed by atoms with van der Waals surface area (Å²) in [5.41, 5.74) is 3.84. The van der Waals surface area contributed by atoms with E-state index in [-0.39, 0.29) is 5.91 Å². The summed E-state index contributed by atoms with van der Waals surface area (Å²) in [6, 6.07) is 16.5. The fourth-order valence-electron chi connectivity index (χ4n) is 3.98. The monoisotopic (exact) mass is 453 g/mol. The zero-order valence-electron chi connectivity index (χ0n) is 18.4. The van der Waals surface area contributed by atoms with Gasteiger partial charge in [0.2, 0.25) is 5.91 Å². The van der Waals surface area contributed by atoms with Gasteiger partial charge in [-0.25, -0.2) is 0 Å². The molecule has 3 rings (SSSR count). The van der Waals surface area contributed by atoms with Crippen molar-refractivity contribution in [3.05, 3.63) is 78.0 Å². The number of nitrogens with one attached hydrogen (secondary N) is 1. The molecular formula is C24H28N3O4P. The number of nitrogens with zero attached hydrogens (tertiary/aromatic N) is 2. The van der Waals surface area contributed by atoms with Gasteiger partial charge in [0.1, 0.15) is 0 Å². The van der Waals surface area contributed by atoms with E-state index in [0.717, 1.165) is 16.8 Å². The third-order valence-corrected chi connectivity index (χ3v) is 7.85. The Morgan fingerprint density at radius 1 is 1.09 bits per heavy atom. The molecule has 1 aromatic heterocycles. The lowest BCUT2D eigenvalue weighted by molar-refractivity contribution is -0.111. The smallest absolute Gasteiger partial charge is 0.324 e. The second-order valence-corrected chi connectivity index (χ2v) is 9.56. The highest BCUT2D eigenvalue weighted by atomic mass is 31.2. The van der Waals surface area contributed by atoms with Gasteiger partial charge in [-0.15, -0.1) is 0 Å². The normalized spacial score (nSPS) is 12.3. The van der Waals surface area contributed by atoms with Crippen LogP contribution in [0.25, 0.3) is 17.3 Å². The number of aryl methyl sites for hydroxylation is 1. The molecule has 32 heavy (non-hydrogen) atoms.